The van der Waals surface area contributed by atoms with Crippen molar-refractivity contribution in [2.24, 2.45) is 17.6 Å². The van der Waals surface area contributed by atoms with Gasteiger partial charge in [0.15, 0.2) is 0 Å². The summed E-state index contributed by atoms with van der Waals surface area (Å²) >= 11 is 3.41. The van der Waals surface area contributed by atoms with Gasteiger partial charge in [-0.05, 0) is 48.7 Å². The third-order valence-electron chi connectivity index (χ3n) is 2.98. The molecule has 0 aliphatic carbocycles. The van der Waals surface area contributed by atoms with E-state index in [0.717, 1.165) is 16.6 Å². The van der Waals surface area contributed by atoms with Gasteiger partial charge in [0.05, 0.1) is 0 Å². The van der Waals surface area contributed by atoms with Crippen LogP contribution in [0.1, 0.15) is 19.4 Å². The zero-order valence-electron chi connectivity index (χ0n) is 10.3. The molecule has 0 aromatic heterocycles. The quantitative estimate of drug-likeness (QED) is 0.848. The minimum Gasteiger partial charge on any atom is -0.330 e. The van der Waals surface area contributed by atoms with Crippen LogP contribution < -0.4 is 11.1 Å². The Morgan fingerprint density at radius 2 is 2.12 bits per heavy atom. The van der Waals surface area contributed by atoms with Gasteiger partial charge >= 0.3 is 0 Å². The molecule has 0 fully saturated rings. The van der Waals surface area contributed by atoms with Crippen LogP contribution in [0.2, 0.25) is 0 Å². The maximum atomic E-state index is 13.1. The Bertz CT molecular complexity index is 355. The Morgan fingerprint density at radius 3 is 2.71 bits per heavy atom. The minimum absolute atomic E-state index is 0.204. The second kappa shape index (κ2) is 7.09. The average Bonchev–Trinajstić information content (AvgIpc) is 2.28. The number of rotatable bonds is 6. The lowest BCUT2D eigenvalue weighted by atomic mass is 9.96. The maximum absolute atomic E-state index is 13.1. The molecule has 0 aliphatic heterocycles. The highest BCUT2D eigenvalue weighted by Crippen LogP contribution is 2.17. The molecule has 1 atom stereocenters. The van der Waals surface area contributed by atoms with E-state index in [1.807, 2.05) is 0 Å². The monoisotopic (exact) mass is 302 g/mol. The van der Waals surface area contributed by atoms with E-state index in [2.05, 4.69) is 35.1 Å². The summed E-state index contributed by atoms with van der Waals surface area (Å²) in [6, 6.07) is 4.73. The molecule has 0 spiro atoms. The van der Waals surface area contributed by atoms with E-state index >= 15 is 0 Å². The van der Waals surface area contributed by atoms with Gasteiger partial charge in [-0.2, -0.15) is 0 Å². The van der Waals surface area contributed by atoms with Gasteiger partial charge in [0.1, 0.15) is 5.82 Å². The molecule has 17 heavy (non-hydrogen) atoms. The number of nitrogens with two attached hydrogens (primary N) is 1. The summed E-state index contributed by atoms with van der Waals surface area (Å²) in [4.78, 5) is 0. The molecular formula is C13H20BrFN2. The van der Waals surface area contributed by atoms with Gasteiger partial charge in [0.2, 0.25) is 0 Å². The molecule has 0 saturated heterocycles. The molecule has 0 amide bonds. The molecule has 1 aromatic carbocycles. The fourth-order valence-electron chi connectivity index (χ4n) is 1.66. The van der Waals surface area contributed by atoms with Crippen LogP contribution in [0.4, 0.5) is 4.39 Å². The van der Waals surface area contributed by atoms with Gasteiger partial charge in [-0.25, -0.2) is 4.39 Å². The van der Waals surface area contributed by atoms with Crippen LogP contribution in [0.5, 0.6) is 0 Å². The van der Waals surface area contributed by atoms with E-state index in [9.17, 15) is 4.39 Å². The van der Waals surface area contributed by atoms with E-state index in [1.54, 1.807) is 12.1 Å². The maximum Gasteiger partial charge on any atom is 0.123 e. The van der Waals surface area contributed by atoms with Crippen LogP contribution in [0.3, 0.4) is 0 Å². The van der Waals surface area contributed by atoms with E-state index in [-0.39, 0.29) is 5.82 Å². The number of benzene rings is 1. The summed E-state index contributed by atoms with van der Waals surface area (Å²) in [6.45, 7) is 6.52. The number of hydrogen-bond acceptors (Lipinski definition) is 2. The highest BCUT2D eigenvalue weighted by Gasteiger charge is 2.11. The molecule has 0 aliphatic rings. The fraction of sp³-hybridized carbons (Fsp3) is 0.538. The molecule has 0 radical (unpaired) electrons. The molecule has 4 heteroatoms. The summed E-state index contributed by atoms with van der Waals surface area (Å²) in [6.07, 6.45) is 0. The second-order valence-corrected chi connectivity index (χ2v) is 5.46. The third-order valence-corrected chi connectivity index (χ3v) is 3.75. The first-order valence-corrected chi connectivity index (χ1v) is 6.68. The first kappa shape index (κ1) is 14.6. The van der Waals surface area contributed by atoms with Crippen molar-refractivity contribution in [1.82, 2.24) is 5.32 Å². The van der Waals surface area contributed by atoms with Crippen molar-refractivity contribution in [2.75, 3.05) is 13.1 Å². The molecule has 2 nitrogen and oxygen atoms in total. The predicted molar refractivity (Wildman–Crippen MR) is 73.2 cm³/mol. The molecule has 0 heterocycles. The molecule has 1 unspecified atom stereocenters. The summed E-state index contributed by atoms with van der Waals surface area (Å²) in [5.74, 6) is 0.815. The van der Waals surface area contributed by atoms with E-state index < -0.39 is 0 Å². The summed E-state index contributed by atoms with van der Waals surface area (Å²) in [5.41, 5.74) is 6.63. The Balaban J connectivity index is 2.47. The predicted octanol–water partition coefficient (Wildman–Crippen LogP) is 2.91. The first-order valence-electron chi connectivity index (χ1n) is 5.89. The zero-order valence-corrected chi connectivity index (χ0v) is 11.9. The Kier molecular flexibility index (Phi) is 6.09. The van der Waals surface area contributed by atoms with E-state index in [1.165, 1.54) is 6.07 Å². The van der Waals surface area contributed by atoms with Crippen molar-refractivity contribution in [1.29, 1.82) is 0 Å². The van der Waals surface area contributed by atoms with Crippen LogP contribution in [-0.2, 0) is 6.54 Å². The van der Waals surface area contributed by atoms with Crippen molar-refractivity contribution >= 4 is 15.9 Å². The highest BCUT2D eigenvalue weighted by atomic mass is 79.9. The van der Waals surface area contributed by atoms with Gasteiger partial charge in [0, 0.05) is 11.0 Å². The number of nitrogens with one attached hydrogen (secondary N) is 1. The van der Waals surface area contributed by atoms with Crippen LogP contribution in [0, 0.1) is 17.7 Å². The van der Waals surface area contributed by atoms with E-state index in [4.69, 9.17) is 5.73 Å². The zero-order chi connectivity index (χ0) is 12.8. The van der Waals surface area contributed by atoms with Crippen LogP contribution >= 0.6 is 15.9 Å². The van der Waals surface area contributed by atoms with Gasteiger partial charge in [-0.15, -0.1) is 0 Å². The molecule has 1 rings (SSSR count). The second-order valence-electron chi connectivity index (χ2n) is 4.61. The molecule has 96 valence electrons. The standard InChI is InChI=1S/C13H20BrFN2/c1-9(2)11(6-16)8-17-7-10-5-12(15)3-4-13(10)14/h3-5,9,11,17H,6-8,16H2,1-2H3. The molecule has 0 saturated carbocycles. The largest absolute Gasteiger partial charge is 0.330 e. The van der Waals surface area contributed by atoms with Crippen LogP contribution in [-0.4, -0.2) is 13.1 Å². The lowest BCUT2D eigenvalue weighted by Gasteiger charge is -2.19. The fourth-order valence-corrected chi connectivity index (χ4v) is 2.05. The highest BCUT2D eigenvalue weighted by molar-refractivity contribution is 9.10. The summed E-state index contributed by atoms with van der Waals surface area (Å²) in [5, 5.41) is 3.33. The number of halogens is 2. The topological polar surface area (TPSA) is 38.0 Å². The lowest BCUT2D eigenvalue weighted by Crippen LogP contribution is -2.31. The van der Waals surface area contributed by atoms with Crippen LogP contribution in [0.15, 0.2) is 22.7 Å². The normalized spacial score (nSPS) is 13.1. The van der Waals surface area contributed by atoms with Crippen LogP contribution in [0.25, 0.3) is 0 Å². The van der Waals surface area contributed by atoms with E-state index in [0.29, 0.717) is 24.9 Å². The average molecular weight is 303 g/mol. The Hall–Kier alpha value is -0.450. The van der Waals surface area contributed by atoms with Crippen molar-refractivity contribution in [3.8, 4) is 0 Å². The van der Waals surface area contributed by atoms with Gasteiger partial charge in [-0.3, -0.25) is 0 Å². The molecule has 0 bridgehead atoms. The summed E-state index contributed by atoms with van der Waals surface area (Å²) < 4.78 is 14.0. The van der Waals surface area contributed by atoms with Crippen molar-refractivity contribution in [3.05, 3.63) is 34.1 Å². The third kappa shape index (κ3) is 4.74. The molecule has 1 aromatic rings. The minimum atomic E-state index is -0.204. The summed E-state index contributed by atoms with van der Waals surface area (Å²) in [7, 11) is 0. The molecule has 3 N–H and O–H groups in total. The van der Waals surface area contributed by atoms with Gasteiger partial charge in [0.25, 0.3) is 0 Å². The number of hydrogen-bond donors (Lipinski definition) is 2. The lowest BCUT2D eigenvalue weighted by molar-refractivity contribution is 0.370. The Labute approximate surface area is 111 Å². The smallest absolute Gasteiger partial charge is 0.123 e. The van der Waals surface area contributed by atoms with Crippen molar-refractivity contribution in [2.45, 2.75) is 20.4 Å². The SMILES string of the molecule is CC(C)C(CN)CNCc1cc(F)ccc1Br. The van der Waals surface area contributed by atoms with Gasteiger partial charge < -0.3 is 11.1 Å². The van der Waals surface area contributed by atoms with Crippen molar-refractivity contribution in [3.63, 3.8) is 0 Å². The Morgan fingerprint density at radius 1 is 1.41 bits per heavy atom. The molecular weight excluding hydrogens is 283 g/mol. The van der Waals surface area contributed by atoms with Crippen molar-refractivity contribution < 1.29 is 4.39 Å². The first-order chi connectivity index (χ1) is 8.04. The van der Waals surface area contributed by atoms with Gasteiger partial charge in [-0.1, -0.05) is 29.8 Å².